The van der Waals surface area contributed by atoms with E-state index in [4.69, 9.17) is 11.1 Å². The summed E-state index contributed by atoms with van der Waals surface area (Å²) < 4.78 is 1.94. The third-order valence-corrected chi connectivity index (χ3v) is 2.68. The fraction of sp³-hybridized carbons (Fsp3) is 0.300. The molecule has 0 radical (unpaired) electrons. The van der Waals surface area contributed by atoms with Crippen molar-refractivity contribution in [1.82, 2.24) is 14.6 Å². The Balaban J connectivity index is 2.21. The highest BCUT2D eigenvalue weighted by Crippen LogP contribution is 2.38. The summed E-state index contributed by atoms with van der Waals surface area (Å²) in [6.45, 7) is 0. The standard InChI is InChI=1S/C10H11N5/c11-9(12)7-3-4-8-13-14-10(6-1-2-6)15(8)5-7/h3-6H,1-2H2,(H3,11,12). The van der Waals surface area contributed by atoms with E-state index in [2.05, 4.69) is 10.2 Å². The van der Waals surface area contributed by atoms with Crippen molar-refractivity contribution in [2.45, 2.75) is 18.8 Å². The van der Waals surface area contributed by atoms with Gasteiger partial charge < -0.3 is 5.73 Å². The molecule has 0 spiro atoms. The lowest BCUT2D eigenvalue weighted by Gasteiger charge is -2.01. The van der Waals surface area contributed by atoms with Gasteiger partial charge in [0, 0.05) is 17.7 Å². The molecule has 5 heteroatoms. The quantitative estimate of drug-likeness (QED) is 0.559. The zero-order chi connectivity index (χ0) is 10.4. The molecule has 76 valence electrons. The van der Waals surface area contributed by atoms with Crippen molar-refractivity contribution in [3.8, 4) is 0 Å². The van der Waals surface area contributed by atoms with Gasteiger partial charge in [-0.3, -0.25) is 9.81 Å². The molecule has 1 aliphatic rings. The second-order valence-electron chi connectivity index (χ2n) is 3.89. The van der Waals surface area contributed by atoms with Gasteiger partial charge in [0.1, 0.15) is 11.7 Å². The Labute approximate surface area is 86.4 Å². The van der Waals surface area contributed by atoms with E-state index in [9.17, 15) is 0 Å². The number of nitrogen functional groups attached to an aromatic ring is 1. The highest BCUT2D eigenvalue weighted by Gasteiger charge is 2.28. The monoisotopic (exact) mass is 201 g/mol. The summed E-state index contributed by atoms with van der Waals surface area (Å²) in [4.78, 5) is 0. The van der Waals surface area contributed by atoms with Crippen LogP contribution in [0.1, 0.15) is 30.1 Å². The SMILES string of the molecule is N=C(N)c1ccc2nnc(C3CC3)n2c1. The molecule has 0 amide bonds. The molecular formula is C10H11N5. The molecule has 3 N–H and O–H groups in total. The van der Waals surface area contributed by atoms with Crippen molar-refractivity contribution in [1.29, 1.82) is 5.41 Å². The third kappa shape index (κ3) is 1.27. The summed E-state index contributed by atoms with van der Waals surface area (Å²) in [7, 11) is 0. The molecule has 5 nitrogen and oxygen atoms in total. The van der Waals surface area contributed by atoms with Crippen molar-refractivity contribution >= 4 is 11.5 Å². The van der Waals surface area contributed by atoms with Crippen molar-refractivity contribution < 1.29 is 0 Å². The van der Waals surface area contributed by atoms with Gasteiger partial charge in [0.25, 0.3) is 0 Å². The number of hydrogen-bond acceptors (Lipinski definition) is 3. The van der Waals surface area contributed by atoms with Crippen LogP contribution >= 0.6 is 0 Å². The Morgan fingerprint density at radius 1 is 1.40 bits per heavy atom. The summed E-state index contributed by atoms with van der Waals surface area (Å²) in [5, 5.41) is 15.6. The van der Waals surface area contributed by atoms with Crippen molar-refractivity contribution in [3.05, 3.63) is 29.7 Å². The zero-order valence-electron chi connectivity index (χ0n) is 8.14. The number of amidine groups is 1. The first-order chi connectivity index (χ1) is 7.25. The summed E-state index contributed by atoms with van der Waals surface area (Å²) in [5.41, 5.74) is 6.98. The number of nitrogens with one attached hydrogen (secondary N) is 1. The number of pyridine rings is 1. The third-order valence-electron chi connectivity index (χ3n) is 2.68. The number of nitrogens with two attached hydrogens (primary N) is 1. The van der Waals surface area contributed by atoms with E-state index >= 15 is 0 Å². The number of hydrogen-bond donors (Lipinski definition) is 2. The van der Waals surface area contributed by atoms with E-state index in [-0.39, 0.29) is 5.84 Å². The van der Waals surface area contributed by atoms with E-state index < -0.39 is 0 Å². The minimum Gasteiger partial charge on any atom is -0.384 e. The van der Waals surface area contributed by atoms with Crippen LogP contribution in [0, 0.1) is 5.41 Å². The van der Waals surface area contributed by atoms with Crippen LogP contribution < -0.4 is 5.73 Å². The van der Waals surface area contributed by atoms with Crippen LogP contribution in [0.4, 0.5) is 0 Å². The average molecular weight is 201 g/mol. The molecule has 2 aromatic heterocycles. The Bertz CT molecular complexity index is 538. The molecule has 0 aliphatic heterocycles. The zero-order valence-corrected chi connectivity index (χ0v) is 8.14. The fourth-order valence-electron chi connectivity index (χ4n) is 1.69. The number of fused-ring (bicyclic) bond motifs is 1. The highest BCUT2D eigenvalue weighted by atomic mass is 15.2. The lowest BCUT2D eigenvalue weighted by atomic mass is 10.2. The predicted molar refractivity (Wildman–Crippen MR) is 56.0 cm³/mol. The van der Waals surface area contributed by atoms with Gasteiger partial charge in [0.2, 0.25) is 0 Å². The van der Waals surface area contributed by atoms with E-state index in [1.54, 1.807) is 6.07 Å². The normalized spacial score (nSPS) is 15.7. The first-order valence-corrected chi connectivity index (χ1v) is 4.95. The molecule has 0 bridgehead atoms. The first-order valence-electron chi connectivity index (χ1n) is 4.95. The van der Waals surface area contributed by atoms with Crippen LogP contribution in [0.25, 0.3) is 5.65 Å². The number of nitrogens with zero attached hydrogens (tertiary/aromatic N) is 3. The maximum absolute atomic E-state index is 7.38. The molecule has 0 saturated heterocycles. The molecule has 1 fully saturated rings. The van der Waals surface area contributed by atoms with Gasteiger partial charge in [0.15, 0.2) is 5.65 Å². The van der Waals surface area contributed by atoms with Crippen LogP contribution in [0.2, 0.25) is 0 Å². The van der Waals surface area contributed by atoms with Crippen molar-refractivity contribution in [2.24, 2.45) is 5.73 Å². The van der Waals surface area contributed by atoms with Gasteiger partial charge in [-0.1, -0.05) is 0 Å². The minimum absolute atomic E-state index is 0.0762. The summed E-state index contributed by atoms with van der Waals surface area (Å²) >= 11 is 0. The fourth-order valence-corrected chi connectivity index (χ4v) is 1.69. The van der Waals surface area contributed by atoms with Gasteiger partial charge in [-0.15, -0.1) is 10.2 Å². The van der Waals surface area contributed by atoms with E-state index in [1.807, 2.05) is 16.7 Å². The first kappa shape index (κ1) is 8.40. The van der Waals surface area contributed by atoms with Crippen molar-refractivity contribution in [3.63, 3.8) is 0 Å². The maximum atomic E-state index is 7.38. The summed E-state index contributed by atoms with van der Waals surface area (Å²) in [6.07, 6.45) is 4.21. The predicted octanol–water partition coefficient (Wildman–Crippen LogP) is 0.891. The number of rotatable bonds is 2. The second-order valence-corrected chi connectivity index (χ2v) is 3.89. The lowest BCUT2D eigenvalue weighted by Crippen LogP contribution is -2.12. The molecule has 15 heavy (non-hydrogen) atoms. The number of aromatic nitrogens is 3. The van der Waals surface area contributed by atoms with Gasteiger partial charge in [-0.05, 0) is 25.0 Å². The minimum atomic E-state index is 0.0762. The van der Waals surface area contributed by atoms with Crippen LogP contribution in [-0.4, -0.2) is 20.4 Å². The van der Waals surface area contributed by atoms with Gasteiger partial charge >= 0.3 is 0 Å². The Hall–Kier alpha value is -1.91. The van der Waals surface area contributed by atoms with Crippen molar-refractivity contribution in [2.75, 3.05) is 0 Å². The van der Waals surface area contributed by atoms with E-state index in [1.165, 1.54) is 12.8 Å². The second kappa shape index (κ2) is 2.79. The molecule has 2 aromatic rings. The van der Waals surface area contributed by atoms with Crippen LogP contribution in [0.3, 0.4) is 0 Å². The van der Waals surface area contributed by atoms with Gasteiger partial charge in [-0.25, -0.2) is 0 Å². The average Bonchev–Trinajstić information content (AvgIpc) is 2.98. The van der Waals surface area contributed by atoms with Gasteiger partial charge in [0.05, 0.1) is 0 Å². The Morgan fingerprint density at radius 3 is 2.87 bits per heavy atom. The Morgan fingerprint density at radius 2 is 2.20 bits per heavy atom. The molecular weight excluding hydrogens is 190 g/mol. The van der Waals surface area contributed by atoms with Crippen LogP contribution in [-0.2, 0) is 0 Å². The van der Waals surface area contributed by atoms with E-state index in [0.29, 0.717) is 11.5 Å². The Kier molecular flexibility index (Phi) is 1.56. The van der Waals surface area contributed by atoms with Crippen LogP contribution in [0.5, 0.6) is 0 Å². The molecule has 1 saturated carbocycles. The molecule has 0 aromatic carbocycles. The lowest BCUT2D eigenvalue weighted by molar-refractivity contribution is 0.896. The largest absolute Gasteiger partial charge is 0.384 e. The van der Waals surface area contributed by atoms with Gasteiger partial charge in [-0.2, -0.15) is 0 Å². The molecule has 0 atom stereocenters. The maximum Gasteiger partial charge on any atom is 0.160 e. The highest BCUT2D eigenvalue weighted by molar-refractivity contribution is 5.94. The summed E-state index contributed by atoms with van der Waals surface area (Å²) in [6, 6.07) is 3.64. The topological polar surface area (TPSA) is 80.1 Å². The molecule has 3 rings (SSSR count). The molecule has 0 unspecified atom stereocenters. The van der Waals surface area contributed by atoms with Crippen LogP contribution in [0.15, 0.2) is 18.3 Å². The van der Waals surface area contributed by atoms with E-state index in [0.717, 1.165) is 11.5 Å². The molecule has 1 aliphatic carbocycles. The summed E-state index contributed by atoms with van der Waals surface area (Å²) in [5.74, 6) is 1.61. The smallest absolute Gasteiger partial charge is 0.160 e. The molecule has 2 heterocycles.